The van der Waals surface area contributed by atoms with Crippen LogP contribution in [0, 0.1) is 0 Å². The molecule has 7 aromatic rings. The Balaban J connectivity index is 1.23. The van der Waals surface area contributed by atoms with Crippen molar-refractivity contribution in [3.05, 3.63) is 141 Å². The third-order valence-corrected chi connectivity index (χ3v) is 10.8. The maximum Gasteiger partial charge on any atom is 0.0905 e. The summed E-state index contributed by atoms with van der Waals surface area (Å²) in [6.07, 6.45) is 0. The molecule has 2 bridgehead atoms. The van der Waals surface area contributed by atoms with Crippen LogP contribution in [-0.2, 0) is 16.2 Å². The predicted molar refractivity (Wildman–Crippen MR) is 182 cm³/mol. The number of nitrogens with zero attached hydrogens (tertiary/aromatic N) is 2. The Morgan fingerprint density at radius 3 is 1.73 bits per heavy atom. The average molecular weight is 567 g/mol. The van der Waals surface area contributed by atoms with E-state index in [-0.39, 0.29) is 22.2 Å². The third kappa shape index (κ3) is 2.88. The molecular weight excluding hydrogens is 532 g/mol. The van der Waals surface area contributed by atoms with Gasteiger partial charge >= 0.3 is 0 Å². The molecule has 6 aromatic carbocycles. The van der Waals surface area contributed by atoms with Crippen LogP contribution in [0.5, 0.6) is 0 Å². The van der Waals surface area contributed by atoms with Gasteiger partial charge in [0.05, 0.1) is 33.8 Å². The second kappa shape index (κ2) is 7.56. The Morgan fingerprint density at radius 1 is 0.545 bits per heavy atom. The summed E-state index contributed by atoms with van der Waals surface area (Å²) in [7, 11) is 0. The summed E-state index contributed by atoms with van der Waals surface area (Å²) in [6.45, 7) is 13.9. The molecule has 1 aromatic heterocycles. The lowest BCUT2D eigenvalue weighted by atomic mass is 9.66. The van der Waals surface area contributed by atoms with Crippen molar-refractivity contribution in [2.75, 3.05) is 0 Å². The molecule has 44 heavy (non-hydrogen) atoms. The number of aromatic nitrogens is 2. The fourth-order valence-corrected chi connectivity index (χ4v) is 8.85. The molecule has 2 atom stereocenters. The summed E-state index contributed by atoms with van der Waals surface area (Å²) in [5.74, 6) is 0.156. The molecule has 2 nitrogen and oxygen atoms in total. The third-order valence-electron chi connectivity index (χ3n) is 10.8. The lowest BCUT2D eigenvalue weighted by molar-refractivity contribution is 0.585. The van der Waals surface area contributed by atoms with Gasteiger partial charge in [-0.2, -0.15) is 0 Å². The van der Waals surface area contributed by atoms with Gasteiger partial charge in [-0.25, -0.2) is 9.97 Å². The van der Waals surface area contributed by atoms with E-state index in [1.807, 2.05) is 0 Å². The fourth-order valence-electron chi connectivity index (χ4n) is 8.85. The summed E-state index contributed by atoms with van der Waals surface area (Å²) in [5, 5.41) is 7.71. The van der Waals surface area contributed by atoms with E-state index >= 15 is 0 Å². The topological polar surface area (TPSA) is 25.8 Å². The molecule has 212 valence electrons. The van der Waals surface area contributed by atoms with Crippen LogP contribution in [0.2, 0.25) is 0 Å². The molecule has 0 fully saturated rings. The molecule has 4 aliphatic carbocycles. The lowest BCUT2D eigenvalue weighted by Crippen LogP contribution is -2.32. The van der Waals surface area contributed by atoms with Gasteiger partial charge < -0.3 is 0 Å². The van der Waals surface area contributed by atoms with Crippen molar-refractivity contribution in [1.82, 2.24) is 9.97 Å². The molecule has 0 N–H and O–H groups in total. The SMILES string of the molecule is CC(C)(C)c1ccc(C(C)(C)C)c2cc3cc4cc5nc6c(nc5cc4cc3cc12)C1c2ccccc2C62c3cccc1c32. The molecule has 0 saturated carbocycles. The van der Waals surface area contributed by atoms with Crippen LogP contribution in [0.25, 0.3) is 43.4 Å². The highest BCUT2D eigenvalue weighted by molar-refractivity contribution is 6.08. The molecular formula is C42H34N2. The van der Waals surface area contributed by atoms with Crippen molar-refractivity contribution >= 4 is 43.4 Å². The monoisotopic (exact) mass is 566 g/mol. The number of hydrogen-bond donors (Lipinski definition) is 0. The minimum absolute atomic E-state index is 0.0573. The van der Waals surface area contributed by atoms with Gasteiger partial charge in [0.25, 0.3) is 0 Å². The second-order valence-electron chi connectivity index (χ2n) is 15.4. The first-order valence-electron chi connectivity index (χ1n) is 16.0. The van der Waals surface area contributed by atoms with E-state index in [1.165, 1.54) is 71.3 Å². The van der Waals surface area contributed by atoms with Crippen molar-refractivity contribution in [2.45, 2.75) is 63.7 Å². The molecule has 1 heterocycles. The zero-order chi connectivity index (χ0) is 29.9. The highest BCUT2D eigenvalue weighted by Crippen LogP contribution is 2.70. The largest absolute Gasteiger partial charge is 0.248 e. The van der Waals surface area contributed by atoms with Crippen LogP contribution in [0.3, 0.4) is 0 Å². The zero-order valence-corrected chi connectivity index (χ0v) is 26.1. The first-order chi connectivity index (χ1) is 21.0. The molecule has 2 unspecified atom stereocenters. The summed E-state index contributed by atoms with van der Waals surface area (Å²) >= 11 is 0. The standard InChI is InChI=1S/C42H34N2/c1-40(2,3)30-14-15-31(41(4,5)6)29-19-23-17-25-21-35-34(20-24(25)16-22(23)18-28(29)30)43-38-36-26-10-7-8-12-32(26)42(39(38)44-35)33-13-9-11-27(36)37(33)42/h7-21,36H,1-6H3. The number of fused-ring (bicyclic) bond motifs is 4. The smallest absolute Gasteiger partial charge is 0.0905 e. The number of rotatable bonds is 0. The Morgan fingerprint density at radius 2 is 1.09 bits per heavy atom. The molecule has 4 aliphatic rings. The van der Waals surface area contributed by atoms with Crippen LogP contribution in [0.4, 0.5) is 0 Å². The molecule has 1 spiro atoms. The maximum absolute atomic E-state index is 5.47. The molecule has 0 aliphatic heterocycles. The number of hydrogen-bond acceptors (Lipinski definition) is 2. The van der Waals surface area contributed by atoms with Gasteiger partial charge in [-0.15, -0.1) is 0 Å². The van der Waals surface area contributed by atoms with Crippen LogP contribution >= 0.6 is 0 Å². The molecule has 0 radical (unpaired) electrons. The summed E-state index contributed by atoms with van der Waals surface area (Å²) in [5.41, 5.74) is 14.1. The van der Waals surface area contributed by atoms with Gasteiger partial charge in [-0.1, -0.05) is 96.1 Å². The van der Waals surface area contributed by atoms with Gasteiger partial charge in [0, 0.05) is 0 Å². The van der Waals surface area contributed by atoms with E-state index in [0.29, 0.717) is 0 Å². The van der Waals surface area contributed by atoms with E-state index in [4.69, 9.17) is 9.97 Å². The van der Waals surface area contributed by atoms with Crippen molar-refractivity contribution in [1.29, 1.82) is 0 Å². The fraction of sp³-hybridized carbons (Fsp3) is 0.238. The van der Waals surface area contributed by atoms with Crippen LogP contribution in [0.15, 0.2) is 91.0 Å². The maximum atomic E-state index is 5.47. The molecule has 0 saturated heterocycles. The van der Waals surface area contributed by atoms with Crippen LogP contribution < -0.4 is 0 Å². The minimum atomic E-state index is -0.216. The van der Waals surface area contributed by atoms with E-state index in [0.717, 1.165) is 22.4 Å². The first kappa shape index (κ1) is 24.8. The van der Waals surface area contributed by atoms with E-state index < -0.39 is 0 Å². The van der Waals surface area contributed by atoms with Crippen molar-refractivity contribution in [3.63, 3.8) is 0 Å². The number of benzene rings is 6. The Labute approximate surface area is 257 Å². The minimum Gasteiger partial charge on any atom is -0.248 e. The highest BCUT2D eigenvalue weighted by Gasteiger charge is 2.65. The van der Waals surface area contributed by atoms with E-state index in [9.17, 15) is 0 Å². The van der Waals surface area contributed by atoms with Gasteiger partial charge in [0.15, 0.2) is 0 Å². The Bertz CT molecular complexity index is 2470. The van der Waals surface area contributed by atoms with E-state index in [2.05, 4.69) is 133 Å². The molecule has 11 rings (SSSR count). The van der Waals surface area contributed by atoms with Crippen molar-refractivity contribution in [3.8, 4) is 0 Å². The van der Waals surface area contributed by atoms with Gasteiger partial charge in [-0.3, -0.25) is 0 Å². The summed E-state index contributed by atoms with van der Waals surface area (Å²) < 4.78 is 0. The average Bonchev–Trinajstić information content (AvgIpc) is 3.67. The molecule has 2 heteroatoms. The Kier molecular flexibility index (Phi) is 4.27. The van der Waals surface area contributed by atoms with Gasteiger partial charge in [0.1, 0.15) is 0 Å². The van der Waals surface area contributed by atoms with Crippen LogP contribution in [-0.4, -0.2) is 9.97 Å². The molecule has 0 amide bonds. The lowest BCUT2D eigenvalue weighted by Gasteiger charge is -2.38. The second-order valence-corrected chi connectivity index (χ2v) is 15.4. The van der Waals surface area contributed by atoms with Crippen molar-refractivity contribution < 1.29 is 0 Å². The highest BCUT2D eigenvalue weighted by atomic mass is 14.9. The van der Waals surface area contributed by atoms with Crippen LogP contribution in [0.1, 0.15) is 97.8 Å². The van der Waals surface area contributed by atoms with E-state index in [1.54, 1.807) is 0 Å². The summed E-state index contributed by atoms with van der Waals surface area (Å²) in [6, 6.07) is 34.6. The zero-order valence-electron chi connectivity index (χ0n) is 26.1. The quantitative estimate of drug-likeness (QED) is 0.171. The summed E-state index contributed by atoms with van der Waals surface area (Å²) in [4.78, 5) is 10.9. The Hall–Kier alpha value is -4.56. The van der Waals surface area contributed by atoms with Gasteiger partial charge in [-0.05, 0) is 118 Å². The van der Waals surface area contributed by atoms with Crippen molar-refractivity contribution in [2.24, 2.45) is 0 Å². The first-order valence-corrected chi connectivity index (χ1v) is 16.0. The predicted octanol–water partition coefficient (Wildman–Crippen LogP) is 10.2. The van der Waals surface area contributed by atoms with Gasteiger partial charge in [0.2, 0.25) is 0 Å². The normalized spacial score (nSPS) is 19.5.